The molecule has 2 N–H and O–H groups in total. The maximum absolute atomic E-state index is 13.2. The van der Waals surface area contributed by atoms with Crippen LogP contribution < -0.4 is 10.2 Å². The summed E-state index contributed by atoms with van der Waals surface area (Å²) in [7, 11) is -1.69. The van der Waals surface area contributed by atoms with Crippen LogP contribution in [0.15, 0.2) is 12.1 Å². The molecule has 0 saturated heterocycles. The number of benzene rings is 1. The van der Waals surface area contributed by atoms with Gasteiger partial charge in [-0.25, -0.2) is 4.39 Å². The summed E-state index contributed by atoms with van der Waals surface area (Å²) in [5.41, 5.74) is 0.0971. The highest BCUT2D eigenvalue weighted by molar-refractivity contribution is 6.59. The molecule has 1 aromatic carbocycles. The van der Waals surface area contributed by atoms with Gasteiger partial charge in [-0.1, -0.05) is 11.6 Å². The lowest BCUT2D eigenvalue weighted by molar-refractivity contribution is 0.321. The van der Waals surface area contributed by atoms with Crippen LogP contribution in [0.4, 0.5) is 4.39 Å². The molecule has 0 aliphatic heterocycles. The van der Waals surface area contributed by atoms with Crippen molar-refractivity contribution in [2.24, 2.45) is 0 Å². The second kappa shape index (κ2) is 4.64. The summed E-state index contributed by atoms with van der Waals surface area (Å²) in [6.07, 6.45) is 0. The van der Waals surface area contributed by atoms with Crippen LogP contribution in [0, 0.1) is 5.82 Å². The van der Waals surface area contributed by atoms with Crippen LogP contribution >= 0.6 is 11.6 Å². The molecule has 0 saturated carbocycles. The van der Waals surface area contributed by atoms with E-state index >= 15 is 0 Å². The van der Waals surface area contributed by atoms with Crippen LogP contribution in [0.1, 0.15) is 6.92 Å². The standard InChI is InChI=1S/C8H9BClFO3/c1-2-14-7-4-5(9(12)13)3-6(10)8(7)11/h3-4,12-13H,2H2,1H3. The Balaban J connectivity index is 3.14. The number of hydrogen-bond acceptors (Lipinski definition) is 3. The summed E-state index contributed by atoms with van der Waals surface area (Å²) in [5, 5.41) is 17.5. The van der Waals surface area contributed by atoms with Gasteiger partial charge in [0.2, 0.25) is 0 Å². The molecule has 1 aromatic rings. The average Bonchev–Trinajstić information content (AvgIpc) is 2.12. The molecular weight excluding hydrogens is 209 g/mol. The molecule has 0 aromatic heterocycles. The van der Waals surface area contributed by atoms with E-state index in [4.69, 9.17) is 26.4 Å². The summed E-state index contributed by atoms with van der Waals surface area (Å²) in [6, 6.07) is 2.35. The second-order valence-electron chi connectivity index (χ2n) is 2.62. The first kappa shape index (κ1) is 11.3. The molecule has 0 radical (unpaired) electrons. The number of rotatable bonds is 3. The van der Waals surface area contributed by atoms with E-state index in [1.807, 2.05) is 0 Å². The summed E-state index contributed by atoms with van der Waals surface area (Å²) in [5.74, 6) is -0.777. The van der Waals surface area contributed by atoms with Crippen molar-refractivity contribution >= 4 is 24.2 Å². The molecule has 0 heterocycles. The van der Waals surface area contributed by atoms with Crippen molar-refractivity contribution in [3.05, 3.63) is 23.0 Å². The Morgan fingerprint density at radius 1 is 1.50 bits per heavy atom. The highest BCUT2D eigenvalue weighted by Crippen LogP contribution is 2.23. The Hall–Kier alpha value is -0.775. The first-order valence-corrected chi connectivity index (χ1v) is 4.42. The van der Waals surface area contributed by atoms with Gasteiger partial charge in [-0.2, -0.15) is 0 Å². The van der Waals surface area contributed by atoms with Crippen LogP contribution in [0.2, 0.25) is 5.02 Å². The molecule has 0 aliphatic carbocycles. The predicted octanol–water partition coefficient (Wildman–Crippen LogP) is 0.558. The van der Waals surface area contributed by atoms with Gasteiger partial charge in [0.25, 0.3) is 0 Å². The SMILES string of the molecule is CCOc1cc(B(O)O)cc(Cl)c1F. The maximum atomic E-state index is 13.2. The van der Waals surface area contributed by atoms with Gasteiger partial charge < -0.3 is 14.8 Å². The van der Waals surface area contributed by atoms with Crippen molar-refractivity contribution in [2.45, 2.75) is 6.92 Å². The number of halogens is 2. The van der Waals surface area contributed by atoms with E-state index in [1.54, 1.807) is 6.92 Å². The summed E-state index contributed by atoms with van der Waals surface area (Å²) in [6.45, 7) is 1.97. The van der Waals surface area contributed by atoms with Gasteiger partial charge in [0.15, 0.2) is 11.6 Å². The van der Waals surface area contributed by atoms with Gasteiger partial charge in [-0.3, -0.25) is 0 Å². The molecule has 0 amide bonds. The second-order valence-corrected chi connectivity index (χ2v) is 3.03. The predicted molar refractivity (Wildman–Crippen MR) is 52.4 cm³/mol. The van der Waals surface area contributed by atoms with Crippen molar-refractivity contribution in [3.8, 4) is 5.75 Å². The van der Waals surface area contributed by atoms with Crippen LogP contribution in [-0.2, 0) is 0 Å². The minimum absolute atomic E-state index is 0.0805. The van der Waals surface area contributed by atoms with Gasteiger partial charge in [0.1, 0.15) is 0 Å². The Kier molecular flexibility index (Phi) is 3.74. The Bertz CT molecular complexity index is 333. The van der Waals surface area contributed by atoms with Crippen molar-refractivity contribution < 1.29 is 19.2 Å². The minimum Gasteiger partial charge on any atom is -0.491 e. The van der Waals surface area contributed by atoms with Crippen molar-refractivity contribution in [1.29, 1.82) is 0 Å². The molecule has 0 fully saturated rings. The van der Waals surface area contributed by atoms with Crippen molar-refractivity contribution in [3.63, 3.8) is 0 Å². The van der Waals surface area contributed by atoms with Gasteiger partial charge >= 0.3 is 7.12 Å². The molecular formula is C8H9BClFO3. The lowest BCUT2D eigenvalue weighted by Gasteiger charge is -2.08. The Labute approximate surface area is 86.2 Å². The summed E-state index contributed by atoms with van der Waals surface area (Å²) < 4.78 is 18.1. The molecule has 0 spiro atoms. The summed E-state index contributed by atoms with van der Waals surface area (Å²) >= 11 is 5.52. The lowest BCUT2D eigenvalue weighted by Crippen LogP contribution is -2.30. The number of hydrogen-bond donors (Lipinski definition) is 2. The van der Waals surface area contributed by atoms with Crippen LogP contribution in [0.25, 0.3) is 0 Å². The summed E-state index contributed by atoms with van der Waals surface area (Å²) in [4.78, 5) is 0. The van der Waals surface area contributed by atoms with Gasteiger partial charge in [-0.15, -0.1) is 0 Å². The van der Waals surface area contributed by atoms with E-state index in [1.165, 1.54) is 6.07 Å². The molecule has 6 heteroatoms. The third-order valence-corrected chi connectivity index (χ3v) is 1.89. The lowest BCUT2D eigenvalue weighted by atomic mass is 9.80. The third-order valence-electron chi connectivity index (χ3n) is 1.62. The van der Waals surface area contributed by atoms with E-state index < -0.39 is 12.9 Å². The van der Waals surface area contributed by atoms with E-state index in [2.05, 4.69) is 0 Å². The molecule has 76 valence electrons. The van der Waals surface area contributed by atoms with Gasteiger partial charge in [0.05, 0.1) is 11.6 Å². The fourth-order valence-electron chi connectivity index (χ4n) is 0.993. The zero-order valence-corrected chi connectivity index (χ0v) is 8.25. The van der Waals surface area contributed by atoms with Gasteiger partial charge in [-0.05, 0) is 24.5 Å². The van der Waals surface area contributed by atoms with E-state index in [0.29, 0.717) is 0 Å². The topological polar surface area (TPSA) is 49.7 Å². The van der Waals surface area contributed by atoms with E-state index in [9.17, 15) is 4.39 Å². The largest absolute Gasteiger partial charge is 0.491 e. The fraction of sp³-hybridized carbons (Fsp3) is 0.250. The molecule has 0 unspecified atom stereocenters. The van der Waals surface area contributed by atoms with Crippen molar-refractivity contribution in [2.75, 3.05) is 6.61 Å². The maximum Gasteiger partial charge on any atom is 0.488 e. The zero-order valence-electron chi connectivity index (χ0n) is 7.50. The van der Waals surface area contributed by atoms with Crippen molar-refractivity contribution in [1.82, 2.24) is 0 Å². The smallest absolute Gasteiger partial charge is 0.488 e. The third kappa shape index (κ3) is 2.38. The normalized spacial score (nSPS) is 10.1. The molecule has 0 atom stereocenters. The Morgan fingerprint density at radius 3 is 2.64 bits per heavy atom. The molecule has 0 bridgehead atoms. The van der Waals surface area contributed by atoms with E-state index in [0.717, 1.165) is 6.07 Å². The molecule has 3 nitrogen and oxygen atoms in total. The molecule has 1 rings (SSSR count). The van der Waals surface area contributed by atoms with Crippen LogP contribution in [-0.4, -0.2) is 23.8 Å². The minimum atomic E-state index is -1.69. The quantitative estimate of drug-likeness (QED) is 0.729. The first-order valence-electron chi connectivity index (χ1n) is 4.04. The fourth-order valence-corrected chi connectivity index (χ4v) is 1.21. The van der Waals surface area contributed by atoms with Gasteiger partial charge in [0, 0.05) is 0 Å². The first-order chi connectivity index (χ1) is 6.56. The monoisotopic (exact) mass is 218 g/mol. The average molecular weight is 218 g/mol. The molecule has 0 aliphatic rings. The Morgan fingerprint density at radius 2 is 2.14 bits per heavy atom. The highest BCUT2D eigenvalue weighted by atomic mass is 35.5. The zero-order chi connectivity index (χ0) is 10.7. The molecule has 14 heavy (non-hydrogen) atoms. The van der Waals surface area contributed by atoms with Crippen LogP contribution in [0.3, 0.4) is 0 Å². The van der Waals surface area contributed by atoms with Crippen LogP contribution in [0.5, 0.6) is 5.75 Å². The number of ether oxygens (including phenoxy) is 1. The highest BCUT2D eigenvalue weighted by Gasteiger charge is 2.17. The van der Waals surface area contributed by atoms with E-state index in [-0.39, 0.29) is 22.8 Å².